The van der Waals surface area contributed by atoms with Gasteiger partial charge in [0, 0.05) is 6.42 Å². The molecule has 0 bridgehead atoms. The van der Waals surface area contributed by atoms with Crippen LogP contribution in [0.1, 0.15) is 44.9 Å². The number of allylic oxidation sites excluding steroid dienone is 5. The molecule has 0 aromatic heterocycles. The molecule has 15 heavy (non-hydrogen) atoms. The third-order valence-electron chi connectivity index (χ3n) is 2.19. The minimum Gasteiger partial charge on any atom is -0.303 e. The monoisotopic (exact) mass is 206 g/mol. The van der Waals surface area contributed by atoms with Gasteiger partial charge in [0.15, 0.2) is 0 Å². The van der Waals surface area contributed by atoms with Gasteiger partial charge in [0.1, 0.15) is 6.29 Å². The first-order valence-electron chi connectivity index (χ1n) is 5.79. The Bertz CT molecular complexity index is 201. The molecular weight excluding hydrogens is 184 g/mol. The Hall–Kier alpha value is -1.11. The van der Waals surface area contributed by atoms with E-state index in [2.05, 4.69) is 18.7 Å². The first-order valence-corrected chi connectivity index (χ1v) is 5.79. The molecule has 0 aliphatic carbocycles. The van der Waals surface area contributed by atoms with Gasteiger partial charge < -0.3 is 4.79 Å². The van der Waals surface area contributed by atoms with Crippen molar-refractivity contribution in [1.29, 1.82) is 0 Å². The van der Waals surface area contributed by atoms with E-state index in [0.29, 0.717) is 0 Å². The quantitative estimate of drug-likeness (QED) is 0.297. The maximum Gasteiger partial charge on any atom is 0.119 e. The molecule has 1 nitrogen and oxygen atoms in total. The summed E-state index contributed by atoms with van der Waals surface area (Å²) in [4.78, 5) is 10.0. The van der Waals surface area contributed by atoms with Crippen LogP contribution in [0.25, 0.3) is 0 Å². The fraction of sp³-hybridized carbons (Fsp3) is 0.500. The molecule has 0 saturated carbocycles. The molecule has 0 saturated heterocycles. The van der Waals surface area contributed by atoms with E-state index in [1.54, 1.807) is 6.08 Å². The van der Waals surface area contributed by atoms with Crippen molar-refractivity contribution in [2.24, 2.45) is 0 Å². The SMILES string of the molecule is C=C/C=C/C=C/CCCCCCCC=O. The van der Waals surface area contributed by atoms with Crippen molar-refractivity contribution < 1.29 is 4.79 Å². The van der Waals surface area contributed by atoms with Crippen molar-refractivity contribution in [2.75, 3.05) is 0 Å². The van der Waals surface area contributed by atoms with Gasteiger partial charge in [-0.2, -0.15) is 0 Å². The maximum absolute atomic E-state index is 10.0. The predicted octanol–water partition coefficient (Wildman–Crippen LogP) is 4.21. The number of rotatable bonds is 10. The van der Waals surface area contributed by atoms with E-state index in [1.165, 1.54) is 25.7 Å². The highest BCUT2D eigenvalue weighted by Gasteiger charge is 1.88. The van der Waals surface area contributed by atoms with Gasteiger partial charge in [0.05, 0.1) is 0 Å². The molecule has 0 radical (unpaired) electrons. The molecule has 84 valence electrons. The van der Waals surface area contributed by atoms with E-state index in [4.69, 9.17) is 0 Å². The van der Waals surface area contributed by atoms with E-state index >= 15 is 0 Å². The van der Waals surface area contributed by atoms with Crippen molar-refractivity contribution >= 4 is 6.29 Å². The summed E-state index contributed by atoms with van der Waals surface area (Å²) in [5.74, 6) is 0. The Morgan fingerprint density at radius 3 is 2.13 bits per heavy atom. The topological polar surface area (TPSA) is 17.1 Å². The molecule has 0 N–H and O–H groups in total. The second-order valence-corrected chi connectivity index (χ2v) is 3.56. The zero-order valence-electron chi connectivity index (χ0n) is 9.53. The second-order valence-electron chi connectivity index (χ2n) is 3.56. The van der Waals surface area contributed by atoms with E-state index < -0.39 is 0 Å². The highest BCUT2D eigenvalue weighted by Crippen LogP contribution is 2.06. The van der Waals surface area contributed by atoms with Crippen LogP contribution in [0.2, 0.25) is 0 Å². The molecule has 0 aromatic rings. The van der Waals surface area contributed by atoms with E-state index in [-0.39, 0.29) is 0 Å². The Balaban J connectivity index is 3.10. The zero-order valence-corrected chi connectivity index (χ0v) is 9.53. The Kier molecular flexibility index (Phi) is 11.9. The van der Waals surface area contributed by atoms with Crippen LogP contribution in [0, 0.1) is 0 Å². The number of hydrogen-bond acceptors (Lipinski definition) is 1. The first-order chi connectivity index (χ1) is 7.41. The van der Waals surface area contributed by atoms with Crippen LogP contribution in [0.3, 0.4) is 0 Å². The Morgan fingerprint density at radius 2 is 1.47 bits per heavy atom. The molecule has 0 rings (SSSR count). The van der Waals surface area contributed by atoms with Crippen molar-refractivity contribution in [3.63, 3.8) is 0 Å². The number of unbranched alkanes of at least 4 members (excludes halogenated alkanes) is 6. The summed E-state index contributed by atoms with van der Waals surface area (Å²) in [6, 6.07) is 0. The molecule has 0 aromatic carbocycles. The molecule has 0 amide bonds. The Labute approximate surface area is 93.6 Å². The number of carbonyl (C=O) groups excluding carboxylic acids is 1. The van der Waals surface area contributed by atoms with Crippen LogP contribution in [0.4, 0.5) is 0 Å². The van der Waals surface area contributed by atoms with Gasteiger partial charge in [-0.3, -0.25) is 0 Å². The molecule has 0 aliphatic rings. The number of hydrogen-bond donors (Lipinski definition) is 0. The zero-order chi connectivity index (χ0) is 11.2. The van der Waals surface area contributed by atoms with Crippen LogP contribution in [0.5, 0.6) is 0 Å². The number of carbonyl (C=O) groups is 1. The minimum atomic E-state index is 0.728. The van der Waals surface area contributed by atoms with Crippen molar-refractivity contribution in [3.8, 4) is 0 Å². The maximum atomic E-state index is 10.0. The summed E-state index contributed by atoms with van der Waals surface area (Å²) in [6.07, 6.45) is 18.9. The highest BCUT2D eigenvalue weighted by atomic mass is 16.1. The lowest BCUT2D eigenvalue weighted by Gasteiger charge is -1.96. The van der Waals surface area contributed by atoms with Gasteiger partial charge in [-0.25, -0.2) is 0 Å². The summed E-state index contributed by atoms with van der Waals surface area (Å²) in [7, 11) is 0. The second kappa shape index (κ2) is 12.9. The third-order valence-corrected chi connectivity index (χ3v) is 2.19. The normalized spacial score (nSPS) is 11.2. The Morgan fingerprint density at radius 1 is 0.800 bits per heavy atom. The average Bonchev–Trinajstić information content (AvgIpc) is 2.26. The van der Waals surface area contributed by atoms with Crippen LogP contribution < -0.4 is 0 Å². The highest BCUT2D eigenvalue weighted by molar-refractivity contribution is 5.48. The average molecular weight is 206 g/mol. The van der Waals surface area contributed by atoms with Crippen molar-refractivity contribution in [3.05, 3.63) is 37.0 Å². The molecule has 0 unspecified atom stereocenters. The lowest BCUT2D eigenvalue weighted by atomic mass is 10.1. The van der Waals surface area contributed by atoms with Crippen molar-refractivity contribution in [2.45, 2.75) is 44.9 Å². The lowest BCUT2D eigenvalue weighted by molar-refractivity contribution is -0.107. The van der Waals surface area contributed by atoms with Crippen LogP contribution >= 0.6 is 0 Å². The van der Waals surface area contributed by atoms with Gasteiger partial charge in [0.25, 0.3) is 0 Å². The molecule has 0 aliphatic heterocycles. The van der Waals surface area contributed by atoms with E-state index in [1.807, 2.05) is 12.2 Å². The standard InChI is InChI=1S/C14H22O/c1-2-3-4-5-6-7-8-9-10-11-12-13-14-15/h2-6,14H,1,7-13H2/b4-3+,6-5+. The van der Waals surface area contributed by atoms with Gasteiger partial charge >= 0.3 is 0 Å². The summed E-state index contributed by atoms with van der Waals surface area (Å²) in [6.45, 7) is 3.60. The van der Waals surface area contributed by atoms with Crippen LogP contribution in [-0.2, 0) is 4.79 Å². The largest absolute Gasteiger partial charge is 0.303 e. The van der Waals surface area contributed by atoms with Crippen molar-refractivity contribution in [1.82, 2.24) is 0 Å². The molecular formula is C14H22O. The summed E-state index contributed by atoms with van der Waals surface area (Å²) in [5.41, 5.74) is 0. The van der Waals surface area contributed by atoms with E-state index in [0.717, 1.165) is 25.5 Å². The van der Waals surface area contributed by atoms with E-state index in [9.17, 15) is 4.79 Å². The molecule has 0 atom stereocenters. The summed E-state index contributed by atoms with van der Waals surface area (Å²) >= 11 is 0. The predicted molar refractivity (Wildman–Crippen MR) is 66.9 cm³/mol. The fourth-order valence-corrected chi connectivity index (χ4v) is 1.34. The summed E-state index contributed by atoms with van der Waals surface area (Å²) in [5, 5.41) is 0. The lowest BCUT2D eigenvalue weighted by Crippen LogP contribution is -1.79. The molecule has 0 heterocycles. The first kappa shape index (κ1) is 13.9. The van der Waals surface area contributed by atoms with Gasteiger partial charge in [0.2, 0.25) is 0 Å². The van der Waals surface area contributed by atoms with Gasteiger partial charge in [-0.1, -0.05) is 56.2 Å². The van der Waals surface area contributed by atoms with Gasteiger partial charge in [-0.15, -0.1) is 0 Å². The van der Waals surface area contributed by atoms with Crippen LogP contribution in [0.15, 0.2) is 37.0 Å². The number of aldehydes is 1. The molecule has 0 spiro atoms. The minimum absolute atomic E-state index is 0.728. The van der Waals surface area contributed by atoms with Gasteiger partial charge in [-0.05, 0) is 19.3 Å². The third kappa shape index (κ3) is 12.9. The molecule has 1 heteroatoms. The summed E-state index contributed by atoms with van der Waals surface area (Å²) < 4.78 is 0. The fourth-order valence-electron chi connectivity index (χ4n) is 1.34. The smallest absolute Gasteiger partial charge is 0.119 e. The molecule has 0 fully saturated rings. The van der Waals surface area contributed by atoms with Crippen LogP contribution in [-0.4, -0.2) is 6.29 Å².